The highest BCUT2D eigenvalue weighted by Gasteiger charge is 2.29. The van der Waals surface area contributed by atoms with Crippen molar-refractivity contribution in [3.05, 3.63) is 42.2 Å². The molecular formula is C15H20N6O. The number of nitrogens with zero attached hydrogens (tertiary/aromatic N) is 4. The summed E-state index contributed by atoms with van der Waals surface area (Å²) in [5, 5.41) is 2.89. The lowest BCUT2D eigenvalue weighted by Gasteiger charge is -2.38. The van der Waals surface area contributed by atoms with E-state index in [-0.39, 0.29) is 12.1 Å². The quantitative estimate of drug-likeness (QED) is 0.884. The molecule has 0 radical (unpaired) electrons. The van der Waals surface area contributed by atoms with Crippen molar-refractivity contribution in [3.8, 4) is 0 Å². The van der Waals surface area contributed by atoms with Gasteiger partial charge in [-0.3, -0.25) is 9.88 Å². The average Bonchev–Trinajstić information content (AvgIpc) is 3.04. The van der Waals surface area contributed by atoms with Crippen LogP contribution in [-0.4, -0.2) is 57.5 Å². The minimum Gasteiger partial charge on any atom is -0.347 e. The average molecular weight is 300 g/mol. The number of hydrogen-bond donors (Lipinski definition) is 2. The van der Waals surface area contributed by atoms with E-state index >= 15 is 0 Å². The third kappa shape index (κ3) is 3.09. The molecule has 1 saturated heterocycles. The van der Waals surface area contributed by atoms with E-state index in [9.17, 15) is 4.79 Å². The first-order valence-electron chi connectivity index (χ1n) is 7.31. The summed E-state index contributed by atoms with van der Waals surface area (Å²) in [7, 11) is 2.05. The van der Waals surface area contributed by atoms with Gasteiger partial charge in [0, 0.05) is 37.7 Å². The Hall–Kier alpha value is -2.41. The van der Waals surface area contributed by atoms with Crippen molar-refractivity contribution in [3.63, 3.8) is 0 Å². The predicted octanol–water partition coefficient (Wildman–Crippen LogP) is 1.63. The normalized spacial score (nSPS) is 19.2. The summed E-state index contributed by atoms with van der Waals surface area (Å²) in [6.07, 6.45) is 5.22. The third-order valence-electron chi connectivity index (χ3n) is 3.93. The van der Waals surface area contributed by atoms with E-state index in [2.05, 4.69) is 25.2 Å². The molecule has 2 aromatic heterocycles. The molecule has 0 aliphatic carbocycles. The first kappa shape index (κ1) is 14.5. The molecule has 2 N–H and O–H groups in total. The van der Waals surface area contributed by atoms with E-state index in [4.69, 9.17) is 0 Å². The van der Waals surface area contributed by atoms with E-state index in [1.807, 2.05) is 31.0 Å². The number of nitrogens with one attached hydrogen (secondary N) is 2. The smallest absolute Gasteiger partial charge is 0.321 e. The lowest BCUT2D eigenvalue weighted by atomic mass is 10.1. The fourth-order valence-corrected chi connectivity index (χ4v) is 2.56. The molecule has 1 aliphatic rings. The van der Waals surface area contributed by atoms with Crippen molar-refractivity contribution in [1.29, 1.82) is 0 Å². The fraction of sp³-hybridized carbons (Fsp3) is 0.400. The summed E-state index contributed by atoms with van der Waals surface area (Å²) in [5.74, 6) is 0.886. The van der Waals surface area contributed by atoms with Gasteiger partial charge in [-0.25, -0.2) is 9.78 Å². The number of carbonyl (C=O) groups excluding carboxylic acids is 1. The Kier molecular flexibility index (Phi) is 4.06. The topological polar surface area (TPSA) is 77.2 Å². The molecule has 3 rings (SSSR count). The summed E-state index contributed by atoms with van der Waals surface area (Å²) in [6, 6.07) is 3.73. The first-order valence-corrected chi connectivity index (χ1v) is 7.31. The number of imidazole rings is 1. The Bertz CT molecular complexity index is 624. The van der Waals surface area contributed by atoms with E-state index in [1.165, 1.54) is 0 Å². The number of piperazine rings is 1. The van der Waals surface area contributed by atoms with E-state index in [0.29, 0.717) is 18.8 Å². The van der Waals surface area contributed by atoms with E-state index in [1.54, 1.807) is 18.6 Å². The van der Waals surface area contributed by atoms with Gasteiger partial charge in [-0.05, 0) is 26.1 Å². The molecule has 0 unspecified atom stereocenters. The van der Waals surface area contributed by atoms with Crippen LogP contribution in [0.4, 0.5) is 10.5 Å². The zero-order valence-corrected chi connectivity index (χ0v) is 12.8. The van der Waals surface area contributed by atoms with Crippen molar-refractivity contribution >= 4 is 11.7 Å². The summed E-state index contributed by atoms with van der Waals surface area (Å²) >= 11 is 0. The molecule has 2 aromatic rings. The Morgan fingerprint density at radius 3 is 2.91 bits per heavy atom. The summed E-state index contributed by atoms with van der Waals surface area (Å²) < 4.78 is 0. The number of anilines is 1. The van der Waals surface area contributed by atoms with Crippen LogP contribution >= 0.6 is 0 Å². The van der Waals surface area contributed by atoms with Crippen LogP contribution in [0.1, 0.15) is 17.6 Å². The van der Waals surface area contributed by atoms with Gasteiger partial charge in [0.15, 0.2) is 0 Å². The third-order valence-corrected chi connectivity index (χ3v) is 3.93. The summed E-state index contributed by atoms with van der Waals surface area (Å²) in [6.45, 7) is 4.03. The number of likely N-dealkylation sites (N-methyl/N-ethyl adjacent to an activating group) is 1. The molecule has 1 atom stereocenters. The molecule has 7 nitrogen and oxygen atoms in total. The highest BCUT2D eigenvalue weighted by molar-refractivity contribution is 5.89. The van der Waals surface area contributed by atoms with Gasteiger partial charge in [-0.2, -0.15) is 0 Å². The Labute approximate surface area is 129 Å². The standard InChI is InChI=1S/C15H20N6O/c1-11-3-4-12(9-18-11)19-15(22)21-8-7-20(2)13(10-21)14-16-5-6-17-14/h3-6,9,13H,7-8,10H2,1-2H3,(H,16,17)(H,19,22)/t13-/m1/s1. The van der Waals surface area contributed by atoms with Crippen molar-refractivity contribution in [2.75, 3.05) is 32.0 Å². The number of carbonyl (C=O) groups is 1. The van der Waals surface area contributed by atoms with Gasteiger partial charge in [0.1, 0.15) is 5.82 Å². The maximum absolute atomic E-state index is 12.4. The number of aryl methyl sites for hydroxylation is 1. The Balaban J connectivity index is 1.66. The number of rotatable bonds is 2. The molecule has 0 spiro atoms. The Morgan fingerprint density at radius 1 is 1.36 bits per heavy atom. The van der Waals surface area contributed by atoms with Crippen molar-refractivity contribution in [1.82, 2.24) is 24.8 Å². The zero-order chi connectivity index (χ0) is 15.5. The molecule has 7 heteroatoms. The van der Waals surface area contributed by atoms with Crippen LogP contribution in [0.25, 0.3) is 0 Å². The molecule has 0 saturated carbocycles. The number of pyridine rings is 1. The monoisotopic (exact) mass is 300 g/mol. The van der Waals surface area contributed by atoms with Crippen molar-refractivity contribution in [2.45, 2.75) is 13.0 Å². The van der Waals surface area contributed by atoms with Crippen LogP contribution < -0.4 is 5.32 Å². The lowest BCUT2D eigenvalue weighted by molar-refractivity contribution is 0.112. The highest BCUT2D eigenvalue weighted by atomic mass is 16.2. The number of amides is 2. The predicted molar refractivity (Wildman–Crippen MR) is 83.5 cm³/mol. The molecule has 116 valence electrons. The molecule has 0 bridgehead atoms. The SMILES string of the molecule is Cc1ccc(NC(=O)N2CCN(C)[C@@H](c3ncc[nH]3)C2)cn1. The first-order chi connectivity index (χ1) is 10.6. The maximum atomic E-state index is 12.4. The molecule has 3 heterocycles. The van der Waals surface area contributed by atoms with Gasteiger partial charge < -0.3 is 15.2 Å². The molecule has 1 aliphatic heterocycles. The van der Waals surface area contributed by atoms with Crippen LogP contribution in [0.15, 0.2) is 30.7 Å². The van der Waals surface area contributed by atoms with Crippen LogP contribution in [0.3, 0.4) is 0 Å². The molecule has 22 heavy (non-hydrogen) atoms. The van der Waals surface area contributed by atoms with Crippen molar-refractivity contribution in [2.24, 2.45) is 0 Å². The maximum Gasteiger partial charge on any atom is 0.321 e. The van der Waals surface area contributed by atoms with Gasteiger partial charge >= 0.3 is 6.03 Å². The van der Waals surface area contributed by atoms with Crippen LogP contribution in [0.5, 0.6) is 0 Å². The number of hydrogen-bond acceptors (Lipinski definition) is 4. The van der Waals surface area contributed by atoms with Gasteiger partial charge in [0.05, 0.1) is 17.9 Å². The summed E-state index contributed by atoms with van der Waals surface area (Å²) in [5.41, 5.74) is 1.64. The van der Waals surface area contributed by atoms with Gasteiger partial charge in [-0.15, -0.1) is 0 Å². The van der Waals surface area contributed by atoms with Crippen molar-refractivity contribution < 1.29 is 4.79 Å². The van der Waals surface area contributed by atoms with Crippen LogP contribution in [-0.2, 0) is 0 Å². The second-order valence-electron chi connectivity index (χ2n) is 5.54. The second kappa shape index (κ2) is 6.15. The molecule has 0 aromatic carbocycles. The van der Waals surface area contributed by atoms with Crippen LogP contribution in [0, 0.1) is 6.92 Å². The fourth-order valence-electron chi connectivity index (χ4n) is 2.56. The number of aromatic amines is 1. The Morgan fingerprint density at radius 2 is 2.23 bits per heavy atom. The minimum atomic E-state index is -0.102. The van der Waals surface area contributed by atoms with Crippen LogP contribution in [0.2, 0.25) is 0 Å². The van der Waals surface area contributed by atoms with E-state index in [0.717, 1.165) is 18.1 Å². The molecular weight excluding hydrogens is 280 g/mol. The van der Waals surface area contributed by atoms with E-state index < -0.39 is 0 Å². The highest BCUT2D eigenvalue weighted by Crippen LogP contribution is 2.21. The minimum absolute atomic E-state index is 0.0886. The number of H-pyrrole nitrogens is 1. The van der Waals surface area contributed by atoms with Gasteiger partial charge in [-0.1, -0.05) is 0 Å². The summed E-state index contributed by atoms with van der Waals surface area (Å²) in [4.78, 5) is 28.1. The number of urea groups is 1. The number of aromatic nitrogens is 3. The molecule has 1 fully saturated rings. The molecule has 2 amide bonds. The lowest BCUT2D eigenvalue weighted by Crippen LogP contribution is -2.50. The zero-order valence-electron chi connectivity index (χ0n) is 12.8. The van der Waals surface area contributed by atoms with Gasteiger partial charge in [0.25, 0.3) is 0 Å². The largest absolute Gasteiger partial charge is 0.347 e. The van der Waals surface area contributed by atoms with Gasteiger partial charge in [0.2, 0.25) is 0 Å². The second-order valence-corrected chi connectivity index (χ2v) is 5.54.